The quantitative estimate of drug-likeness (QED) is 0.571. The van der Waals surface area contributed by atoms with Crippen molar-refractivity contribution in [2.45, 2.75) is 6.92 Å². The molecular formula is C9H7F3. The van der Waals surface area contributed by atoms with Crippen molar-refractivity contribution in [2.75, 3.05) is 0 Å². The van der Waals surface area contributed by atoms with E-state index in [0.717, 1.165) is 12.1 Å². The molecule has 0 amide bonds. The zero-order chi connectivity index (χ0) is 9.30. The number of halogens is 3. The first-order valence-electron chi connectivity index (χ1n) is 3.34. The summed E-state index contributed by atoms with van der Waals surface area (Å²) in [5, 5.41) is 0. The van der Waals surface area contributed by atoms with Crippen LogP contribution in [0, 0.1) is 24.4 Å². The monoisotopic (exact) mass is 172 g/mol. The van der Waals surface area contributed by atoms with Crippen LogP contribution >= 0.6 is 0 Å². The molecule has 0 aliphatic carbocycles. The lowest BCUT2D eigenvalue weighted by Gasteiger charge is -2.02. The Morgan fingerprint density at radius 3 is 2.33 bits per heavy atom. The van der Waals surface area contributed by atoms with Crippen molar-refractivity contribution in [3.8, 4) is 0 Å². The Kier molecular flexibility index (Phi) is 2.22. The molecule has 0 heterocycles. The van der Waals surface area contributed by atoms with Gasteiger partial charge in [0.25, 0.3) is 0 Å². The van der Waals surface area contributed by atoms with Crippen LogP contribution in [0.2, 0.25) is 0 Å². The van der Waals surface area contributed by atoms with Crippen LogP contribution in [0.4, 0.5) is 13.2 Å². The summed E-state index contributed by atoms with van der Waals surface area (Å²) in [6.07, 6.45) is 1.14. The summed E-state index contributed by atoms with van der Waals surface area (Å²) in [4.78, 5) is 0. The summed E-state index contributed by atoms with van der Waals surface area (Å²) >= 11 is 0. The van der Waals surface area contributed by atoms with E-state index >= 15 is 0 Å². The summed E-state index contributed by atoms with van der Waals surface area (Å²) in [6.45, 7) is 4.46. The van der Waals surface area contributed by atoms with Gasteiger partial charge < -0.3 is 0 Å². The molecule has 0 saturated heterocycles. The highest BCUT2D eigenvalue weighted by Gasteiger charge is 2.12. The number of rotatable bonds is 1. The van der Waals surface area contributed by atoms with Gasteiger partial charge in [0.15, 0.2) is 11.6 Å². The summed E-state index contributed by atoms with van der Waals surface area (Å²) in [7, 11) is 0. The molecule has 0 aliphatic rings. The van der Waals surface area contributed by atoms with Crippen molar-refractivity contribution in [1.82, 2.24) is 0 Å². The normalized spacial score (nSPS) is 10.0. The minimum atomic E-state index is -1.14. The molecule has 1 aromatic carbocycles. The molecule has 12 heavy (non-hydrogen) atoms. The highest BCUT2D eigenvalue weighted by Crippen LogP contribution is 2.19. The summed E-state index contributed by atoms with van der Waals surface area (Å²) in [5.74, 6) is -2.95. The van der Waals surface area contributed by atoms with Crippen molar-refractivity contribution in [3.63, 3.8) is 0 Å². The van der Waals surface area contributed by atoms with Gasteiger partial charge in [-0.1, -0.05) is 12.7 Å². The lowest BCUT2D eigenvalue weighted by molar-refractivity contribution is 0.485. The van der Waals surface area contributed by atoms with Gasteiger partial charge in [-0.2, -0.15) is 0 Å². The van der Waals surface area contributed by atoms with E-state index in [2.05, 4.69) is 6.58 Å². The maximum absolute atomic E-state index is 13.0. The minimum absolute atomic E-state index is 0.0219. The Labute approximate surface area is 68.3 Å². The maximum atomic E-state index is 13.0. The number of benzene rings is 1. The molecule has 0 fully saturated rings. The number of hydrogen-bond acceptors (Lipinski definition) is 0. The molecule has 0 aromatic heterocycles. The molecule has 64 valence electrons. The molecule has 0 radical (unpaired) electrons. The SMILES string of the molecule is C=Cc1cc(F)c(F)c(C)c1F. The van der Waals surface area contributed by atoms with Crippen molar-refractivity contribution >= 4 is 6.08 Å². The highest BCUT2D eigenvalue weighted by atomic mass is 19.2. The molecule has 0 spiro atoms. The van der Waals surface area contributed by atoms with Gasteiger partial charge in [-0.25, -0.2) is 13.2 Å². The van der Waals surface area contributed by atoms with Gasteiger partial charge in [0.2, 0.25) is 0 Å². The standard InChI is InChI=1S/C9H7F3/c1-3-6-4-7(10)9(12)5(2)8(6)11/h3-4H,1H2,2H3. The molecule has 0 saturated carbocycles. The number of hydrogen-bond donors (Lipinski definition) is 0. The maximum Gasteiger partial charge on any atom is 0.164 e. The first-order chi connectivity index (χ1) is 5.57. The van der Waals surface area contributed by atoms with Gasteiger partial charge >= 0.3 is 0 Å². The summed E-state index contributed by atoms with van der Waals surface area (Å²) in [5.41, 5.74) is -0.337. The van der Waals surface area contributed by atoms with Gasteiger partial charge in [-0.15, -0.1) is 0 Å². The van der Waals surface area contributed by atoms with E-state index in [0.29, 0.717) is 0 Å². The molecule has 0 N–H and O–H groups in total. The fourth-order valence-corrected chi connectivity index (χ4v) is 0.904. The Morgan fingerprint density at radius 1 is 1.25 bits per heavy atom. The van der Waals surface area contributed by atoms with Crippen LogP contribution in [0.1, 0.15) is 11.1 Å². The Morgan fingerprint density at radius 2 is 1.83 bits per heavy atom. The van der Waals surface area contributed by atoms with Crippen LogP contribution in [-0.2, 0) is 0 Å². The molecule has 0 atom stereocenters. The molecule has 3 heteroatoms. The minimum Gasteiger partial charge on any atom is -0.206 e. The third-order valence-electron chi connectivity index (χ3n) is 1.62. The average Bonchev–Trinajstić information content (AvgIpc) is 2.08. The molecular weight excluding hydrogens is 165 g/mol. The fourth-order valence-electron chi connectivity index (χ4n) is 0.904. The lowest BCUT2D eigenvalue weighted by atomic mass is 10.1. The molecule has 1 rings (SSSR count). The first-order valence-corrected chi connectivity index (χ1v) is 3.34. The average molecular weight is 172 g/mol. The van der Waals surface area contributed by atoms with E-state index < -0.39 is 17.5 Å². The molecule has 1 aromatic rings. The van der Waals surface area contributed by atoms with Crippen LogP contribution < -0.4 is 0 Å². The zero-order valence-electron chi connectivity index (χ0n) is 6.50. The predicted octanol–water partition coefficient (Wildman–Crippen LogP) is 3.06. The summed E-state index contributed by atoms with van der Waals surface area (Å²) in [6, 6.07) is 0.782. The molecule has 0 nitrogen and oxygen atoms in total. The third-order valence-corrected chi connectivity index (χ3v) is 1.62. The van der Waals surface area contributed by atoms with Crippen molar-refractivity contribution in [2.24, 2.45) is 0 Å². The van der Waals surface area contributed by atoms with E-state index in [-0.39, 0.29) is 11.1 Å². The van der Waals surface area contributed by atoms with E-state index in [4.69, 9.17) is 0 Å². The fraction of sp³-hybridized carbons (Fsp3) is 0.111. The zero-order valence-corrected chi connectivity index (χ0v) is 6.50. The van der Waals surface area contributed by atoms with Crippen molar-refractivity contribution in [1.29, 1.82) is 0 Å². The predicted molar refractivity (Wildman–Crippen MR) is 41.1 cm³/mol. The second-order valence-corrected chi connectivity index (χ2v) is 2.40. The van der Waals surface area contributed by atoms with Crippen LogP contribution in [0.15, 0.2) is 12.6 Å². The van der Waals surface area contributed by atoms with Crippen LogP contribution in [0.25, 0.3) is 6.08 Å². The second kappa shape index (κ2) is 3.01. The Hall–Kier alpha value is -1.25. The van der Waals surface area contributed by atoms with E-state index in [9.17, 15) is 13.2 Å². The topological polar surface area (TPSA) is 0 Å². The van der Waals surface area contributed by atoms with Gasteiger partial charge in [-0.05, 0) is 13.0 Å². The van der Waals surface area contributed by atoms with Crippen LogP contribution in [0.5, 0.6) is 0 Å². The first kappa shape index (κ1) is 8.84. The smallest absolute Gasteiger partial charge is 0.164 e. The highest BCUT2D eigenvalue weighted by molar-refractivity contribution is 5.49. The van der Waals surface area contributed by atoms with Crippen LogP contribution in [0.3, 0.4) is 0 Å². The third kappa shape index (κ3) is 1.22. The van der Waals surface area contributed by atoms with Crippen LogP contribution in [-0.4, -0.2) is 0 Å². The van der Waals surface area contributed by atoms with Crippen molar-refractivity contribution in [3.05, 3.63) is 41.2 Å². The summed E-state index contributed by atoms with van der Waals surface area (Å²) < 4.78 is 38.2. The van der Waals surface area contributed by atoms with Gasteiger partial charge in [0.1, 0.15) is 5.82 Å². The van der Waals surface area contributed by atoms with E-state index in [1.807, 2.05) is 0 Å². The molecule has 0 aliphatic heterocycles. The van der Waals surface area contributed by atoms with E-state index in [1.165, 1.54) is 6.92 Å². The second-order valence-electron chi connectivity index (χ2n) is 2.40. The molecule has 0 unspecified atom stereocenters. The van der Waals surface area contributed by atoms with Crippen molar-refractivity contribution < 1.29 is 13.2 Å². The lowest BCUT2D eigenvalue weighted by Crippen LogP contribution is -1.96. The van der Waals surface area contributed by atoms with Gasteiger partial charge in [0.05, 0.1) is 0 Å². The largest absolute Gasteiger partial charge is 0.206 e. The van der Waals surface area contributed by atoms with Gasteiger partial charge in [-0.3, -0.25) is 0 Å². The van der Waals surface area contributed by atoms with Gasteiger partial charge in [0, 0.05) is 11.1 Å². The Balaban J connectivity index is 3.49. The molecule has 0 bridgehead atoms. The van der Waals surface area contributed by atoms with E-state index in [1.54, 1.807) is 0 Å². The Bertz CT molecular complexity index is 329.